The highest BCUT2D eigenvalue weighted by Crippen LogP contribution is 2.46. The maximum absolute atomic E-state index is 12.1. The van der Waals surface area contributed by atoms with E-state index in [9.17, 15) is 4.79 Å². The third-order valence-electron chi connectivity index (χ3n) is 4.19. The fraction of sp³-hybridized carbons (Fsp3) is 0.316. The van der Waals surface area contributed by atoms with Gasteiger partial charge < -0.3 is 10.1 Å². The molecule has 1 heterocycles. The molecule has 0 radical (unpaired) electrons. The van der Waals surface area contributed by atoms with Gasteiger partial charge in [-0.1, -0.05) is 81.4 Å². The largest absolute Gasteiger partial charge is 0.431 e. The lowest BCUT2D eigenvalue weighted by atomic mass is 9.70. The zero-order chi connectivity index (χ0) is 15.8. The Morgan fingerprint density at radius 3 is 1.77 bits per heavy atom. The van der Waals surface area contributed by atoms with Crippen LogP contribution in [0.25, 0.3) is 0 Å². The average molecular weight is 295 g/mol. The Kier molecular flexibility index (Phi) is 3.44. The Morgan fingerprint density at radius 1 is 0.909 bits per heavy atom. The molecule has 22 heavy (non-hydrogen) atoms. The van der Waals surface area contributed by atoms with Crippen molar-refractivity contribution in [2.24, 2.45) is 5.41 Å². The predicted octanol–water partition coefficient (Wildman–Crippen LogP) is 4.08. The zero-order valence-corrected chi connectivity index (χ0v) is 13.2. The van der Waals surface area contributed by atoms with Gasteiger partial charge >= 0.3 is 6.09 Å². The van der Waals surface area contributed by atoms with E-state index in [1.807, 2.05) is 60.7 Å². The molecule has 1 amide bonds. The maximum atomic E-state index is 12.1. The molecule has 0 aliphatic carbocycles. The van der Waals surface area contributed by atoms with E-state index < -0.39 is 5.60 Å². The molecule has 0 unspecified atom stereocenters. The molecular weight excluding hydrogens is 274 g/mol. The molecule has 1 atom stereocenters. The van der Waals surface area contributed by atoms with Gasteiger partial charge in [0.1, 0.15) is 0 Å². The first-order chi connectivity index (χ1) is 10.4. The van der Waals surface area contributed by atoms with Gasteiger partial charge in [-0.15, -0.1) is 0 Å². The summed E-state index contributed by atoms with van der Waals surface area (Å²) in [5.74, 6) is 0. The molecule has 0 saturated carbocycles. The molecule has 2 aromatic carbocycles. The van der Waals surface area contributed by atoms with Crippen LogP contribution >= 0.6 is 0 Å². The number of carbonyl (C=O) groups is 1. The molecule has 114 valence electrons. The Bertz CT molecular complexity index is 619. The lowest BCUT2D eigenvalue weighted by molar-refractivity contribution is 0.0407. The molecule has 1 saturated heterocycles. The molecule has 1 fully saturated rings. The van der Waals surface area contributed by atoms with Crippen LogP contribution in [-0.4, -0.2) is 12.1 Å². The monoisotopic (exact) mass is 295 g/mol. The summed E-state index contributed by atoms with van der Waals surface area (Å²) in [6.07, 6.45) is -0.368. The van der Waals surface area contributed by atoms with Crippen molar-refractivity contribution >= 4 is 6.09 Å². The molecule has 3 rings (SSSR count). The number of carbonyl (C=O) groups excluding carboxylic acids is 1. The molecule has 2 aromatic rings. The number of hydrogen-bond donors (Lipinski definition) is 1. The van der Waals surface area contributed by atoms with E-state index in [0.717, 1.165) is 11.1 Å². The van der Waals surface area contributed by atoms with Crippen molar-refractivity contribution in [1.82, 2.24) is 5.32 Å². The summed E-state index contributed by atoms with van der Waals surface area (Å²) < 4.78 is 5.91. The number of ether oxygens (including phenoxy) is 1. The van der Waals surface area contributed by atoms with Crippen molar-refractivity contribution in [3.8, 4) is 0 Å². The third kappa shape index (κ3) is 2.27. The van der Waals surface area contributed by atoms with Crippen LogP contribution in [0, 0.1) is 5.41 Å². The van der Waals surface area contributed by atoms with Crippen LogP contribution < -0.4 is 5.32 Å². The normalized spacial score (nSPS) is 20.3. The predicted molar refractivity (Wildman–Crippen MR) is 86.5 cm³/mol. The summed E-state index contributed by atoms with van der Waals surface area (Å²) in [7, 11) is 0. The van der Waals surface area contributed by atoms with Crippen molar-refractivity contribution in [1.29, 1.82) is 0 Å². The van der Waals surface area contributed by atoms with Crippen LogP contribution in [0.5, 0.6) is 0 Å². The van der Waals surface area contributed by atoms with Gasteiger partial charge in [0.25, 0.3) is 0 Å². The van der Waals surface area contributed by atoms with E-state index in [0.29, 0.717) is 0 Å². The van der Waals surface area contributed by atoms with Gasteiger partial charge in [-0.2, -0.15) is 0 Å². The first kappa shape index (κ1) is 14.6. The van der Waals surface area contributed by atoms with Crippen molar-refractivity contribution in [2.75, 3.05) is 0 Å². The van der Waals surface area contributed by atoms with Crippen LogP contribution in [0.2, 0.25) is 0 Å². The van der Waals surface area contributed by atoms with Gasteiger partial charge in [-0.25, -0.2) is 4.79 Å². The van der Waals surface area contributed by atoms with Crippen LogP contribution in [0.4, 0.5) is 4.79 Å². The summed E-state index contributed by atoms with van der Waals surface area (Å²) in [6, 6.07) is 19.8. The Labute approximate surface area is 131 Å². The fourth-order valence-electron chi connectivity index (χ4n) is 3.27. The number of rotatable bonds is 2. The molecule has 1 aliphatic heterocycles. The number of alkyl carbamates (subject to hydrolysis) is 1. The van der Waals surface area contributed by atoms with Gasteiger partial charge in [0.2, 0.25) is 0 Å². The standard InChI is InChI=1S/C19H21NO2/c1-18(2,3)16-19(22-17(21)20-16,14-10-6-4-7-11-14)15-12-8-5-9-13-15/h4-13,16H,1-3H3,(H,20,21)/t16-/m0/s1. The molecular formula is C19H21NO2. The van der Waals surface area contributed by atoms with E-state index in [4.69, 9.17) is 4.74 Å². The van der Waals surface area contributed by atoms with E-state index >= 15 is 0 Å². The molecule has 3 nitrogen and oxygen atoms in total. The van der Waals surface area contributed by atoms with E-state index in [-0.39, 0.29) is 17.6 Å². The third-order valence-corrected chi connectivity index (χ3v) is 4.19. The number of amides is 1. The van der Waals surface area contributed by atoms with Crippen molar-refractivity contribution < 1.29 is 9.53 Å². The van der Waals surface area contributed by atoms with Crippen LogP contribution in [-0.2, 0) is 10.3 Å². The molecule has 0 spiro atoms. The molecule has 1 aliphatic rings. The second kappa shape index (κ2) is 5.16. The van der Waals surface area contributed by atoms with E-state index in [1.165, 1.54) is 0 Å². The van der Waals surface area contributed by atoms with Gasteiger partial charge in [-0.05, 0) is 5.41 Å². The van der Waals surface area contributed by atoms with Gasteiger partial charge in [0.15, 0.2) is 5.60 Å². The minimum Gasteiger partial charge on any atom is -0.431 e. The SMILES string of the molecule is CC(C)(C)[C@@H]1NC(=O)OC1(c1ccccc1)c1ccccc1. The van der Waals surface area contributed by atoms with Gasteiger partial charge in [-0.3, -0.25) is 0 Å². The Balaban J connectivity index is 2.26. The quantitative estimate of drug-likeness (QED) is 0.906. The lowest BCUT2D eigenvalue weighted by Gasteiger charge is -2.40. The first-order valence-electron chi connectivity index (χ1n) is 7.55. The molecule has 1 N–H and O–H groups in total. The summed E-state index contributed by atoms with van der Waals surface area (Å²) >= 11 is 0. The minimum atomic E-state index is -0.808. The van der Waals surface area contributed by atoms with Crippen molar-refractivity contribution in [3.05, 3.63) is 71.8 Å². The fourth-order valence-corrected chi connectivity index (χ4v) is 3.27. The number of benzene rings is 2. The Morgan fingerprint density at radius 2 is 1.36 bits per heavy atom. The highest BCUT2D eigenvalue weighted by molar-refractivity contribution is 5.73. The summed E-state index contributed by atoms with van der Waals surface area (Å²) in [5.41, 5.74) is 1.01. The minimum absolute atomic E-state index is 0.155. The van der Waals surface area contributed by atoms with E-state index in [1.54, 1.807) is 0 Å². The van der Waals surface area contributed by atoms with Gasteiger partial charge in [0.05, 0.1) is 6.04 Å². The average Bonchev–Trinajstić information content (AvgIpc) is 2.88. The molecule has 3 heteroatoms. The van der Waals surface area contributed by atoms with Crippen molar-refractivity contribution in [3.63, 3.8) is 0 Å². The van der Waals surface area contributed by atoms with Crippen LogP contribution in [0.1, 0.15) is 31.9 Å². The number of cyclic esters (lactones) is 1. The number of hydrogen-bond acceptors (Lipinski definition) is 2. The highest BCUT2D eigenvalue weighted by Gasteiger charge is 2.56. The summed E-state index contributed by atoms with van der Waals surface area (Å²) in [5, 5.41) is 3.02. The van der Waals surface area contributed by atoms with E-state index in [2.05, 4.69) is 26.1 Å². The second-order valence-corrected chi connectivity index (χ2v) is 6.80. The lowest BCUT2D eigenvalue weighted by Crippen LogP contribution is -2.50. The molecule has 0 aromatic heterocycles. The first-order valence-corrected chi connectivity index (χ1v) is 7.55. The zero-order valence-electron chi connectivity index (χ0n) is 13.2. The smallest absolute Gasteiger partial charge is 0.408 e. The summed E-state index contributed by atoms with van der Waals surface area (Å²) in [4.78, 5) is 12.1. The van der Waals surface area contributed by atoms with Crippen molar-refractivity contribution in [2.45, 2.75) is 32.4 Å². The van der Waals surface area contributed by atoms with Crippen LogP contribution in [0.15, 0.2) is 60.7 Å². The Hall–Kier alpha value is -2.29. The summed E-state index contributed by atoms with van der Waals surface area (Å²) in [6.45, 7) is 6.35. The highest BCUT2D eigenvalue weighted by atomic mass is 16.6. The molecule has 0 bridgehead atoms. The number of nitrogens with one attached hydrogen (secondary N) is 1. The van der Waals surface area contributed by atoms with Gasteiger partial charge in [0, 0.05) is 11.1 Å². The second-order valence-electron chi connectivity index (χ2n) is 6.80. The topological polar surface area (TPSA) is 38.3 Å². The maximum Gasteiger partial charge on any atom is 0.408 e. The van der Waals surface area contributed by atoms with Crippen LogP contribution in [0.3, 0.4) is 0 Å².